The number of esters is 1. The van der Waals surface area contributed by atoms with Crippen molar-refractivity contribution in [3.05, 3.63) is 29.8 Å². The number of terminal acetylenes is 1. The molecule has 0 spiro atoms. The Bertz CT molecular complexity index is 559. The van der Waals surface area contributed by atoms with Gasteiger partial charge in [0.25, 0.3) is 0 Å². The molecule has 1 heterocycles. The molecule has 1 aromatic rings. The summed E-state index contributed by atoms with van der Waals surface area (Å²) in [7, 11) is 0. The van der Waals surface area contributed by atoms with Crippen molar-refractivity contribution in [1.29, 1.82) is 0 Å². The molecule has 4 nitrogen and oxygen atoms in total. The first-order chi connectivity index (χ1) is 9.65. The van der Waals surface area contributed by atoms with E-state index in [0.717, 1.165) is 11.3 Å². The Morgan fingerprint density at radius 2 is 2.25 bits per heavy atom. The van der Waals surface area contributed by atoms with Crippen LogP contribution < -0.4 is 4.90 Å². The van der Waals surface area contributed by atoms with Crippen LogP contribution in [0.4, 0.5) is 5.69 Å². The number of hydrogen-bond acceptors (Lipinski definition) is 3. The highest BCUT2D eigenvalue weighted by molar-refractivity contribution is 5.97. The number of anilines is 1. The van der Waals surface area contributed by atoms with E-state index in [4.69, 9.17) is 11.2 Å². The van der Waals surface area contributed by atoms with E-state index in [1.807, 2.05) is 24.3 Å². The van der Waals surface area contributed by atoms with Gasteiger partial charge in [0.1, 0.15) is 0 Å². The van der Waals surface area contributed by atoms with Crippen LogP contribution in [0.15, 0.2) is 24.3 Å². The molecule has 0 radical (unpaired) electrons. The van der Waals surface area contributed by atoms with E-state index in [1.54, 1.807) is 11.8 Å². The van der Waals surface area contributed by atoms with Crippen LogP contribution >= 0.6 is 0 Å². The lowest BCUT2D eigenvalue weighted by atomic mass is 10.1. The molecule has 0 saturated carbocycles. The summed E-state index contributed by atoms with van der Waals surface area (Å²) >= 11 is 0. The number of para-hydroxylation sites is 1. The van der Waals surface area contributed by atoms with Crippen LogP contribution in [-0.2, 0) is 20.7 Å². The molecule has 104 valence electrons. The molecule has 1 aromatic carbocycles. The summed E-state index contributed by atoms with van der Waals surface area (Å²) in [5.41, 5.74) is 1.54. The number of nitrogens with zero attached hydrogens (tertiary/aromatic N) is 1. The van der Waals surface area contributed by atoms with Gasteiger partial charge in [0.05, 0.1) is 13.0 Å². The Morgan fingerprint density at radius 3 is 2.90 bits per heavy atom. The van der Waals surface area contributed by atoms with Crippen LogP contribution in [-0.4, -0.2) is 25.0 Å². The lowest BCUT2D eigenvalue weighted by Gasteiger charge is -2.19. The zero-order valence-electron chi connectivity index (χ0n) is 11.5. The standard InChI is InChI=1S/C16H17NO3/c1-3-12-9-15(18)17(11-12)14-8-6-5-7-13(14)10-16(19)20-4-2/h1,5-8,12H,4,9-11H2,2H3. The number of benzene rings is 1. The fourth-order valence-corrected chi connectivity index (χ4v) is 2.34. The fraction of sp³-hybridized carbons (Fsp3) is 0.375. The monoisotopic (exact) mass is 271 g/mol. The second-order valence-electron chi connectivity index (χ2n) is 4.68. The van der Waals surface area contributed by atoms with Gasteiger partial charge in [-0.05, 0) is 18.6 Å². The van der Waals surface area contributed by atoms with Gasteiger partial charge >= 0.3 is 5.97 Å². The molecular formula is C16H17NO3. The first kappa shape index (κ1) is 14.1. The van der Waals surface area contributed by atoms with Crippen molar-refractivity contribution in [2.75, 3.05) is 18.1 Å². The van der Waals surface area contributed by atoms with E-state index in [1.165, 1.54) is 0 Å². The van der Waals surface area contributed by atoms with E-state index in [9.17, 15) is 9.59 Å². The lowest BCUT2D eigenvalue weighted by molar-refractivity contribution is -0.142. The lowest BCUT2D eigenvalue weighted by Crippen LogP contribution is -2.26. The molecule has 0 aromatic heterocycles. The van der Waals surface area contributed by atoms with E-state index in [2.05, 4.69) is 5.92 Å². The van der Waals surface area contributed by atoms with Crippen molar-refractivity contribution in [3.63, 3.8) is 0 Å². The van der Waals surface area contributed by atoms with Crippen molar-refractivity contribution in [2.45, 2.75) is 19.8 Å². The minimum atomic E-state index is -0.292. The predicted molar refractivity (Wildman–Crippen MR) is 76.1 cm³/mol. The van der Waals surface area contributed by atoms with E-state index >= 15 is 0 Å². The highest BCUT2D eigenvalue weighted by Crippen LogP contribution is 2.28. The molecule has 1 unspecified atom stereocenters. The molecule has 2 rings (SSSR count). The molecule has 0 N–H and O–H groups in total. The highest BCUT2D eigenvalue weighted by Gasteiger charge is 2.30. The molecule has 0 aliphatic carbocycles. The smallest absolute Gasteiger partial charge is 0.310 e. The second-order valence-corrected chi connectivity index (χ2v) is 4.68. The SMILES string of the molecule is C#CC1CC(=O)N(c2ccccc2CC(=O)OCC)C1. The molecule has 20 heavy (non-hydrogen) atoms. The van der Waals surface area contributed by atoms with Crippen LogP contribution in [0.3, 0.4) is 0 Å². The van der Waals surface area contributed by atoms with Crippen molar-refractivity contribution >= 4 is 17.6 Å². The Hall–Kier alpha value is -2.28. The van der Waals surface area contributed by atoms with Crippen LogP contribution in [0.1, 0.15) is 18.9 Å². The number of ether oxygens (including phenoxy) is 1. The third kappa shape index (κ3) is 3.00. The van der Waals surface area contributed by atoms with E-state index < -0.39 is 0 Å². The first-order valence-electron chi connectivity index (χ1n) is 6.65. The molecule has 1 atom stereocenters. The Kier molecular flexibility index (Phi) is 4.41. The summed E-state index contributed by atoms with van der Waals surface area (Å²) in [6, 6.07) is 7.37. The minimum Gasteiger partial charge on any atom is -0.466 e. The van der Waals surface area contributed by atoms with Gasteiger partial charge in [-0.3, -0.25) is 9.59 Å². The normalized spacial score (nSPS) is 17.9. The first-order valence-corrected chi connectivity index (χ1v) is 6.65. The van der Waals surface area contributed by atoms with Crippen LogP contribution in [0.2, 0.25) is 0 Å². The Morgan fingerprint density at radius 1 is 1.50 bits per heavy atom. The maximum atomic E-state index is 12.0. The molecular weight excluding hydrogens is 254 g/mol. The molecule has 1 amide bonds. The molecule has 1 fully saturated rings. The van der Waals surface area contributed by atoms with Gasteiger partial charge in [0, 0.05) is 24.6 Å². The highest BCUT2D eigenvalue weighted by atomic mass is 16.5. The van der Waals surface area contributed by atoms with E-state index in [0.29, 0.717) is 19.6 Å². The van der Waals surface area contributed by atoms with Gasteiger partial charge in [-0.1, -0.05) is 18.2 Å². The largest absolute Gasteiger partial charge is 0.466 e. The Labute approximate surface area is 118 Å². The Balaban J connectivity index is 2.22. The third-order valence-corrected chi connectivity index (χ3v) is 3.28. The number of hydrogen-bond donors (Lipinski definition) is 0. The summed E-state index contributed by atoms with van der Waals surface area (Å²) in [6.07, 6.45) is 5.92. The summed E-state index contributed by atoms with van der Waals surface area (Å²) in [5.74, 6) is 2.28. The molecule has 0 bridgehead atoms. The number of amides is 1. The summed E-state index contributed by atoms with van der Waals surface area (Å²) in [5, 5.41) is 0. The topological polar surface area (TPSA) is 46.6 Å². The summed E-state index contributed by atoms with van der Waals surface area (Å²) in [4.78, 5) is 25.3. The van der Waals surface area contributed by atoms with Crippen LogP contribution in [0, 0.1) is 18.3 Å². The van der Waals surface area contributed by atoms with Gasteiger partial charge in [-0.15, -0.1) is 12.3 Å². The summed E-state index contributed by atoms with van der Waals surface area (Å²) in [6.45, 7) is 2.63. The maximum Gasteiger partial charge on any atom is 0.310 e. The minimum absolute atomic E-state index is 0.00394. The molecule has 1 aliphatic heterocycles. The molecule has 4 heteroatoms. The fourth-order valence-electron chi connectivity index (χ4n) is 2.34. The van der Waals surface area contributed by atoms with Crippen molar-refractivity contribution in [3.8, 4) is 12.3 Å². The average Bonchev–Trinajstić information content (AvgIpc) is 2.81. The van der Waals surface area contributed by atoms with Gasteiger partial charge in [0.15, 0.2) is 0 Å². The second kappa shape index (κ2) is 6.25. The van der Waals surface area contributed by atoms with Gasteiger partial charge in [-0.2, -0.15) is 0 Å². The van der Waals surface area contributed by atoms with Crippen molar-refractivity contribution < 1.29 is 14.3 Å². The maximum absolute atomic E-state index is 12.0. The number of rotatable bonds is 4. The number of carbonyl (C=O) groups is 2. The molecule has 1 aliphatic rings. The zero-order valence-corrected chi connectivity index (χ0v) is 11.5. The number of carbonyl (C=O) groups excluding carboxylic acids is 2. The third-order valence-electron chi connectivity index (χ3n) is 3.28. The van der Waals surface area contributed by atoms with Crippen molar-refractivity contribution in [1.82, 2.24) is 0 Å². The predicted octanol–water partition coefficient (Wildman–Crippen LogP) is 1.78. The molecule has 1 saturated heterocycles. The van der Waals surface area contributed by atoms with E-state index in [-0.39, 0.29) is 24.2 Å². The quantitative estimate of drug-likeness (QED) is 0.619. The zero-order chi connectivity index (χ0) is 14.5. The van der Waals surface area contributed by atoms with Gasteiger partial charge in [0.2, 0.25) is 5.91 Å². The van der Waals surface area contributed by atoms with Crippen LogP contribution in [0.5, 0.6) is 0 Å². The van der Waals surface area contributed by atoms with Crippen LogP contribution in [0.25, 0.3) is 0 Å². The van der Waals surface area contributed by atoms with Gasteiger partial charge in [-0.25, -0.2) is 0 Å². The summed E-state index contributed by atoms with van der Waals surface area (Å²) < 4.78 is 4.96. The van der Waals surface area contributed by atoms with Crippen molar-refractivity contribution in [2.24, 2.45) is 5.92 Å². The van der Waals surface area contributed by atoms with Gasteiger partial charge < -0.3 is 9.64 Å². The average molecular weight is 271 g/mol.